The highest BCUT2D eigenvalue weighted by molar-refractivity contribution is 6.34. The van der Waals surface area contributed by atoms with E-state index in [9.17, 15) is 19.5 Å². The Morgan fingerprint density at radius 3 is 2.45 bits per heavy atom. The molecule has 5 heterocycles. The fourth-order valence-corrected chi connectivity index (χ4v) is 7.30. The summed E-state index contributed by atoms with van der Waals surface area (Å²) in [7, 11) is 0. The van der Waals surface area contributed by atoms with E-state index in [1.54, 1.807) is 11.0 Å². The lowest BCUT2D eigenvalue weighted by Crippen LogP contribution is -2.65. The number of hydrogen-bond donors (Lipinski definition) is 2. The van der Waals surface area contributed by atoms with Crippen molar-refractivity contribution in [1.82, 2.24) is 24.4 Å². The zero-order chi connectivity index (χ0) is 32.7. The number of phenolic OH excluding ortho intramolecular Hbond substituents is 1. The number of rotatable bonds is 6. The lowest BCUT2D eigenvalue weighted by molar-refractivity contribution is -0.130. The number of pyridine rings is 2. The van der Waals surface area contributed by atoms with Crippen LogP contribution in [-0.2, 0) is 9.59 Å². The first-order valence-corrected chi connectivity index (χ1v) is 16.2. The molecule has 0 spiro atoms. The van der Waals surface area contributed by atoms with E-state index in [0.29, 0.717) is 23.2 Å². The Morgan fingerprint density at radius 2 is 1.83 bits per heavy atom. The predicted molar refractivity (Wildman–Crippen MR) is 175 cm³/mol. The third-order valence-electron chi connectivity index (χ3n) is 9.70. The van der Waals surface area contributed by atoms with E-state index >= 15 is 4.39 Å². The molecule has 0 radical (unpaired) electrons. The Balaban J connectivity index is 1.46. The molecule has 3 fully saturated rings. The maximum absolute atomic E-state index is 15.3. The number of anilines is 2. The van der Waals surface area contributed by atoms with E-state index in [2.05, 4.69) is 21.9 Å². The van der Waals surface area contributed by atoms with Crippen molar-refractivity contribution in [2.45, 2.75) is 62.9 Å². The molecule has 1 aromatic carbocycles. The molecule has 2 atom stereocenters. The summed E-state index contributed by atoms with van der Waals surface area (Å²) in [5.41, 5.74) is 1.85. The molecule has 11 nitrogen and oxygen atoms in total. The van der Waals surface area contributed by atoms with Crippen LogP contribution in [0, 0.1) is 5.82 Å². The number of benzene rings is 1. The van der Waals surface area contributed by atoms with Gasteiger partial charge in [0, 0.05) is 29.8 Å². The third-order valence-corrected chi connectivity index (χ3v) is 9.98. The van der Waals surface area contributed by atoms with Gasteiger partial charge >= 0.3 is 0 Å². The Kier molecular flexibility index (Phi) is 6.83. The molecule has 2 saturated carbocycles. The molecule has 47 heavy (non-hydrogen) atoms. The van der Waals surface area contributed by atoms with Crippen LogP contribution in [-0.4, -0.2) is 66.5 Å². The zero-order valence-electron chi connectivity index (χ0n) is 25.5. The van der Waals surface area contributed by atoms with E-state index in [4.69, 9.17) is 16.6 Å². The number of nitrogens with zero attached hydrogens (tertiary/aromatic N) is 6. The molecule has 2 aliphatic carbocycles. The van der Waals surface area contributed by atoms with Crippen LogP contribution in [0.1, 0.15) is 62.3 Å². The summed E-state index contributed by atoms with van der Waals surface area (Å²) in [6, 6.07) is 4.46. The molecule has 8 rings (SSSR count). The second-order valence-electron chi connectivity index (χ2n) is 12.6. The van der Waals surface area contributed by atoms with Gasteiger partial charge in [-0.15, -0.1) is 0 Å². The lowest BCUT2D eigenvalue weighted by atomic mass is 9.97. The number of carbonyl (C=O) groups excluding carboxylic acids is 2. The van der Waals surface area contributed by atoms with Gasteiger partial charge in [0.2, 0.25) is 11.8 Å². The van der Waals surface area contributed by atoms with Crippen LogP contribution in [0.5, 0.6) is 5.75 Å². The Bertz CT molecular complexity index is 2040. The molecule has 4 aromatic rings. The first-order chi connectivity index (χ1) is 22.7. The summed E-state index contributed by atoms with van der Waals surface area (Å²) < 4.78 is 16.7. The van der Waals surface area contributed by atoms with Crippen molar-refractivity contribution >= 4 is 45.8 Å². The highest BCUT2D eigenvalue weighted by Crippen LogP contribution is 2.49. The molecule has 0 unspecified atom stereocenters. The summed E-state index contributed by atoms with van der Waals surface area (Å²) in [6.07, 6.45) is 6.99. The average molecular weight is 656 g/mol. The number of aromatic hydroxyl groups is 1. The molecule has 2 N–H and O–H groups in total. The second kappa shape index (κ2) is 10.9. The summed E-state index contributed by atoms with van der Waals surface area (Å²) in [4.78, 5) is 59.0. The molecule has 1 saturated heterocycles. The largest absolute Gasteiger partial charge is 0.507 e. The number of hydrogen-bond acceptors (Lipinski definition) is 8. The number of aromatic nitrogens is 4. The summed E-state index contributed by atoms with van der Waals surface area (Å²) in [5, 5.41) is 14.1. The highest BCUT2D eigenvalue weighted by atomic mass is 35.5. The van der Waals surface area contributed by atoms with Crippen molar-refractivity contribution in [3.8, 4) is 22.7 Å². The number of fused-ring (bicyclic) bond motifs is 5. The fourth-order valence-electron chi connectivity index (χ4n) is 7.06. The monoisotopic (exact) mass is 655 g/mol. The quantitative estimate of drug-likeness (QED) is 0.277. The SMILES string of the molecule is C=CC(=O)N1C[C@@H]2C(=O)Nc3c(c4cc(Cl)c(-c5c(O)cccc5F)nc4n(-c4c(C5CC5)ncnc4C4CC4)c3=O)N2C[C@H]1CC. The minimum Gasteiger partial charge on any atom is -0.507 e. The molecular weight excluding hydrogens is 625 g/mol. The molecular formula is C34H31ClFN7O4. The predicted octanol–water partition coefficient (Wildman–Crippen LogP) is 5.03. The summed E-state index contributed by atoms with van der Waals surface area (Å²) >= 11 is 6.87. The molecule has 4 aliphatic rings. The number of amides is 2. The van der Waals surface area contributed by atoms with E-state index in [1.165, 1.54) is 35.2 Å². The van der Waals surface area contributed by atoms with Crippen LogP contribution in [0.4, 0.5) is 15.8 Å². The maximum Gasteiger partial charge on any atom is 0.282 e. The number of halogens is 2. The van der Waals surface area contributed by atoms with Gasteiger partial charge in [-0.3, -0.25) is 19.0 Å². The Morgan fingerprint density at radius 1 is 1.13 bits per heavy atom. The normalized spacial score (nSPS) is 20.5. The van der Waals surface area contributed by atoms with Crippen molar-refractivity contribution in [1.29, 1.82) is 0 Å². The minimum absolute atomic E-state index is 0.0371. The molecule has 0 bridgehead atoms. The van der Waals surface area contributed by atoms with E-state index < -0.39 is 23.3 Å². The molecule has 2 amide bonds. The van der Waals surface area contributed by atoms with Crippen LogP contribution >= 0.6 is 11.6 Å². The van der Waals surface area contributed by atoms with Crippen molar-refractivity contribution in [2.24, 2.45) is 0 Å². The minimum atomic E-state index is -0.800. The second-order valence-corrected chi connectivity index (χ2v) is 13.1. The maximum atomic E-state index is 15.3. The van der Waals surface area contributed by atoms with Gasteiger partial charge in [0.25, 0.3) is 5.56 Å². The summed E-state index contributed by atoms with van der Waals surface area (Å²) in [5.74, 6) is -1.52. The molecule has 13 heteroatoms. The Hall–Kier alpha value is -4.84. The van der Waals surface area contributed by atoms with Gasteiger partial charge in [-0.25, -0.2) is 19.3 Å². The van der Waals surface area contributed by atoms with Gasteiger partial charge in [0.1, 0.15) is 29.6 Å². The molecule has 2 aliphatic heterocycles. The lowest BCUT2D eigenvalue weighted by Gasteiger charge is -2.48. The smallest absolute Gasteiger partial charge is 0.282 e. The van der Waals surface area contributed by atoms with E-state index in [1.807, 2.05) is 11.8 Å². The van der Waals surface area contributed by atoms with Crippen LogP contribution in [0.3, 0.4) is 0 Å². The van der Waals surface area contributed by atoms with Gasteiger partial charge in [0.15, 0.2) is 5.65 Å². The third kappa shape index (κ3) is 4.60. The number of carbonyl (C=O) groups is 2. The van der Waals surface area contributed by atoms with E-state index in [0.717, 1.165) is 37.1 Å². The van der Waals surface area contributed by atoms with Gasteiger partial charge in [-0.1, -0.05) is 31.2 Å². The zero-order valence-corrected chi connectivity index (χ0v) is 26.3. The van der Waals surface area contributed by atoms with Crippen LogP contribution in [0.2, 0.25) is 5.02 Å². The van der Waals surface area contributed by atoms with Gasteiger partial charge < -0.3 is 20.2 Å². The topological polar surface area (TPSA) is 134 Å². The van der Waals surface area contributed by atoms with Crippen molar-refractivity contribution in [3.05, 3.63) is 75.8 Å². The van der Waals surface area contributed by atoms with Crippen molar-refractivity contribution in [3.63, 3.8) is 0 Å². The van der Waals surface area contributed by atoms with Crippen LogP contribution in [0.25, 0.3) is 28.0 Å². The highest BCUT2D eigenvalue weighted by Gasteiger charge is 2.45. The standard InChI is InChI=1S/C34H31ClFN7O4/c1-3-18-13-42-22(14-41(18)24(45)4-2)33(46)40-29-30(42)19-12-20(35)28(25-21(36)6-5-7-23(25)44)39-32(19)43(34(29)47)31-26(16-8-9-16)37-15-38-27(31)17-10-11-17/h4-7,12,15-18,22,44H,2-3,8-11,13-14H2,1H3,(H,40,46)/t18-,22-/m1/s1. The number of piperazine rings is 1. The van der Waals surface area contributed by atoms with Crippen LogP contribution < -0.4 is 15.8 Å². The molecule has 3 aromatic heterocycles. The van der Waals surface area contributed by atoms with E-state index in [-0.39, 0.29) is 70.2 Å². The first kappa shape index (κ1) is 29.6. The number of phenols is 1. The average Bonchev–Trinajstić information content (AvgIpc) is 3.99. The van der Waals surface area contributed by atoms with Gasteiger partial charge in [-0.2, -0.15) is 0 Å². The Labute approximate surface area is 273 Å². The number of nitrogens with one attached hydrogen (secondary N) is 1. The molecule has 240 valence electrons. The fraction of sp³-hybridized carbons (Fsp3) is 0.353. The van der Waals surface area contributed by atoms with Crippen molar-refractivity contribution < 1.29 is 19.1 Å². The summed E-state index contributed by atoms with van der Waals surface area (Å²) in [6.45, 7) is 5.94. The van der Waals surface area contributed by atoms with Crippen LogP contribution in [0.15, 0.2) is 48.0 Å². The van der Waals surface area contributed by atoms with Gasteiger partial charge in [-0.05, 0) is 56.4 Å². The van der Waals surface area contributed by atoms with Crippen molar-refractivity contribution in [2.75, 3.05) is 23.3 Å². The first-order valence-electron chi connectivity index (χ1n) is 15.8. The van der Waals surface area contributed by atoms with Gasteiger partial charge in [0.05, 0.1) is 45.6 Å².